The van der Waals surface area contributed by atoms with Crippen molar-refractivity contribution in [1.29, 1.82) is 0 Å². The molecule has 0 spiro atoms. The molecule has 0 aliphatic heterocycles. The molecular weight excluding hydrogens is 144 g/mol. The molecule has 0 bridgehead atoms. The van der Waals surface area contributed by atoms with E-state index in [9.17, 15) is 0 Å². The fraction of sp³-hybridized carbons (Fsp3) is 1.00. The minimum Gasteiger partial charge on any atom is -0.0654 e. The van der Waals surface area contributed by atoms with Crippen LogP contribution >= 0.6 is 0 Å². The molecule has 2 aliphatic carbocycles. The van der Waals surface area contributed by atoms with Gasteiger partial charge in [-0.1, -0.05) is 26.2 Å². The Morgan fingerprint density at radius 1 is 1.00 bits per heavy atom. The first kappa shape index (κ1) is 8.59. The molecule has 0 aromatic carbocycles. The van der Waals surface area contributed by atoms with E-state index in [1.807, 2.05) is 0 Å². The molecule has 0 N–H and O–H groups in total. The monoisotopic (exact) mass is 166 g/mol. The summed E-state index contributed by atoms with van der Waals surface area (Å²) >= 11 is 0. The van der Waals surface area contributed by atoms with Crippen molar-refractivity contribution in [2.24, 2.45) is 17.8 Å². The Morgan fingerprint density at radius 2 is 1.58 bits per heavy atom. The Hall–Kier alpha value is 0. The summed E-state index contributed by atoms with van der Waals surface area (Å²) in [5.74, 6) is 3.51. The van der Waals surface area contributed by atoms with Gasteiger partial charge >= 0.3 is 0 Å². The van der Waals surface area contributed by atoms with Gasteiger partial charge in [0.15, 0.2) is 0 Å². The minimum atomic E-state index is 1.16. The van der Waals surface area contributed by atoms with Crippen LogP contribution in [0.4, 0.5) is 0 Å². The smallest absolute Gasteiger partial charge is 0.0357 e. The second-order valence-electron chi connectivity index (χ2n) is 4.83. The van der Waals surface area contributed by atoms with E-state index in [2.05, 4.69) is 6.92 Å². The zero-order chi connectivity index (χ0) is 8.39. The molecule has 70 valence electrons. The predicted molar refractivity (Wildman–Crippen MR) is 53.1 cm³/mol. The second kappa shape index (κ2) is 3.81. The van der Waals surface area contributed by atoms with Crippen LogP contribution in [0.3, 0.4) is 0 Å². The number of rotatable bonds is 6. The van der Waals surface area contributed by atoms with Crippen molar-refractivity contribution in [2.45, 2.75) is 58.3 Å². The maximum absolute atomic E-state index is 2.31. The molecule has 0 heteroatoms. The average Bonchev–Trinajstić information content (AvgIpc) is 2.87. The van der Waals surface area contributed by atoms with Crippen LogP contribution in [0.2, 0.25) is 0 Å². The van der Waals surface area contributed by atoms with Crippen LogP contribution in [0.1, 0.15) is 58.3 Å². The van der Waals surface area contributed by atoms with Gasteiger partial charge in [0.2, 0.25) is 0 Å². The highest BCUT2D eigenvalue weighted by Crippen LogP contribution is 2.51. The molecular formula is C12H22. The Morgan fingerprint density at radius 3 is 2.00 bits per heavy atom. The van der Waals surface area contributed by atoms with Crippen molar-refractivity contribution in [3.05, 3.63) is 0 Å². The van der Waals surface area contributed by atoms with Crippen molar-refractivity contribution in [3.8, 4) is 0 Å². The van der Waals surface area contributed by atoms with Crippen LogP contribution in [-0.2, 0) is 0 Å². The summed E-state index contributed by atoms with van der Waals surface area (Å²) in [6, 6.07) is 0. The first-order valence-electron chi connectivity index (χ1n) is 5.92. The predicted octanol–water partition coefficient (Wildman–Crippen LogP) is 4.00. The summed E-state index contributed by atoms with van der Waals surface area (Å²) in [5.41, 5.74) is 0. The fourth-order valence-corrected chi connectivity index (χ4v) is 2.54. The van der Waals surface area contributed by atoms with Crippen molar-refractivity contribution < 1.29 is 0 Å². The number of hydrogen-bond acceptors (Lipinski definition) is 0. The third-order valence-electron chi connectivity index (χ3n) is 3.60. The third-order valence-corrected chi connectivity index (χ3v) is 3.60. The minimum absolute atomic E-state index is 1.16. The molecule has 0 radical (unpaired) electrons. The van der Waals surface area contributed by atoms with Gasteiger partial charge in [0.25, 0.3) is 0 Å². The highest BCUT2D eigenvalue weighted by Gasteiger charge is 2.40. The molecule has 0 unspecified atom stereocenters. The Labute approximate surface area is 76.7 Å². The van der Waals surface area contributed by atoms with Gasteiger partial charge in [0.05, 0.1) is 0 Å². The standard InChI is InChI=1S/C12H22/c1-2-3-4-5-12(10-6-7-10)11-8-9-11/h10-12H,2-9H2,1H3. The number of hydrogen-bond donors (Lipinski definition) is 0. The van der Waals surface area contributed by atoms with Gasteiger partial charge in [-0.3, -0.25) is 0 Å². The van der Waals surface area contributed by atoms with Crippen molar-refractivity contribution >= 4 is 0 Å². The molecule has 0 aromatic heterocycles. The van der Waals surface area contributed by atoms with E-state index in [0.717, 1.165) is 5.92 Å². The van der Waals surface area contributed by atoms with E-state index >= 15 is 0 Å². The molecule has 2 rings (SSSR count). The summed E-state index contributed by atoms with van der Waals surface area (Å²) in [6.45, 7) is 2.31. The maximum Gasteiger partial charge on any atom is -0.0357 e. The largest absolute Gasteiger partial charge is 0.0654 e. The van der Waals surface area contributed by atoms with Crippen LogP contribution in [0, 0.1) is 17.8 Å². The zero-order valence-electron chi connectivity index (χ0n) is 8.39. The SMILES string of the molecule is CCCCCC(C1CC1)C1CC1. The molecule has 2 aliphatic rings. The lowest BCUT2D eigenvalue weighted by molar-refractivity contribution is 0.362. The molecule has 0 nitrogen and oxygen atoms in total. The molecule has 0 atom stereocenters. The summed E-state index contributed by atoms with van der Waals surface area (Å²) < 4.78 is 0. The lowest BCUT2D eigenvalue weighted by atomic mass is 9.92. The van der Waals surface area contributed by atoms with E-state index < -0.39 is 0 Å². The van der Waals surface area contributed by atoms with Gasteiger partial charge < -0.3 is 0 Å². The van der Waals surface area contributed by atoms with Gasteiger partial charge in [-0.15, -0.1) is 0 Å². The quantitative estimate of drug-likeness (QED) is 0.523. The van der Waals surface area contributed by atoms with Crippen LogP contribution in [0.5, 0.6) is 0 Å². The topological polar surface area (TPSA) is 0 Å². The molecule has 2 fully saturated rings. The van der Waals surface area contributed by atoms with Gasteiger partial charge in [0.1, 0.15) is 0 Å². The van der Waals surface area contributed by atoms with Gasteiger partial charge in [-0.2, -0.15) is 0 Å². The highest BCUT2D eigenvalue weighted by atomic mass is 14.5. The molecule has 0 saturated heterocycles. The van der Waals surface area contributed by atoms with Crippen molar-refractivity contribution in [3.63, 3.8) is 0 Å². The Balaban J connectivity index is 1.66. The molecule has 0 heterocycles. The van der Waals surface area contributed by atoms with Crippen molar-refractivity contribution in [1.82, 2.24) is 0 Å². The van der Waals surface area contributed by atoms with E-state index in [1.165, 1.54) is 31.1 Å². The highest BCUT2D eigenvalue weighted by molar-refractivity contribution is 4.91. The van der Waals surface area contributed by atoms with Crippen molar-refractivity contribution in [2.75, 3.05) is 0 Å². The molecule has 0 amide bonds. The van der Waals surface area contributed by atoms with Crippen LogP contribution in [0.25, 0.3) is 0 Å². The van der Waals surface area contributed by atoms with Crippen LogP contribution < -0.4 is 0 Å². The molecule has 0 aromatic rings. The molecule has 2 saturated carbocycles. The van der Waals surface area contributed by atoms with E-state index in [4.69, 9.17) is 0 Å². The zero-order valence-corrected chi connectivity index (χ0v) is 8.39. The van der Waals surface area contributed by atoms with Gasteiger partial charge in [-0.25, -0.2) is 0 Å². The summed E-state index contributed by atoms with van der Waals surface area (Å²) in [5, 5.41) is 0. The maximum atomic E-state index is 2.31. The fourth-order valence-electron chi connectivity index (χ4n) is 2.54. The van der Waals surface area contributed by atoms with E-state index in [1.54, 1.807) is 32.1 Å². The number of unbranched alkanes of at least 4 members (excludes halogenated alkanes) is 2. The Kier molecular flexibility index (Phi) is 2.73. The lowest BCUT2D eigenvalue weighted by Gasteiger charge is -2.14. The second-order valence-corrected chi connectivity index (χ2v) is 4.83. The summed E-state index contributed by atoms with van der Waals surface area (Å²) in [7, 11) is 0. The first-order valence-corrected chi connectivity index (χ1v) is 5.92. The summed E-state index contributed by atoms with van der Waals surface area (Å²) in [4.78, 5) is 0. The van der Waals surface area contributed by atoms with E-state index in [0.29, 0.717) is 0 Å². The first-order chi connectivity index (χ1) is 5.92. The van der Waals surface area contributed by atoms with Crippen LogP contribution in [-0.4, -0.2) is 0 Å². The third kappa shape index (κ3) is 2.24. The lowest BCUT2D eigenvalue weighted by Crippen LogP contribution is -2.05. The van der Waals surface area contributed by atoms with Gasteiger partial charge in [-0.05, 0) is 49.9 Å². The average molecular weight is 166 g/mol. The normalized spacial score (nSPS) is 23.5. The van der Waals surface area contributed by atoms with Gasteiger partial charge in [0, 0.05) is 0 Å². The van der Waals surface area contributed by atoms with Crippen LogP contribution in [0.15, 0.2) is 0 Å². The summed E-state index contributed by atoms with van der Waals surface area (Å²) in [6.07, 6.45) is 12.2. The van der Waals surface area contributed by atoms with E-state index in [-0.39, 0.29) is 0 Å². The Bertz CT molecular complexity index is 119. The molecule has 12 heavy (non-hydrogen) atoms.